The van der Waals surface area contributed by atoms with Crippen molar-refractivity contribution in [1.29, 1.82) is 0 Å². The molecular weight excluding hydrogens is 376 g/mol. The number of anilines is 1. The van der Waals surface area contributed by atoms with Gasteiger partial charge in [-0.2, -0.15) is 0 Å². The summed E-state index contributed by atoms with van der Waals surface area (Å²) < 4.78 is 0. The van der Waals surface area contributed by atoms with Crippen molar-refractivity contribution in [2.75, 3.05) is 12.4 Å². The molecule has 0 saturated heterocycles. The smallest absolute Gasteiger partial charge is 0.174 e. The Morgan fingerprint density at radius 2 is 1.78 bits per heavy atom. The van der Waals surface area contributed by atoms with Crippen molar-refractivity contribution in [1.82, 2.24) is 4.90 Å². The highest BCUT2D eigenvalue weighted by Gasteiger charge is 2.47. The number of hydrogen-bond acceptors (Lipinski definition) is 2. The molecule has 3 nitrogen and oxygen atoms in total. The maximum absolute atomic E-state index is 13.2. The van der Waals surface area contributed by atoms with E-state index in [-0.39, 0.29) is 5.78 Å². The lowest BCUT2D eigenvalue weighted by atomic mass is 9.74. The van der Waals surface area contributed by atoms with Gasteiger partial charge in [0, 0.05) is 29.7 Å². The highest BCUT2D eigenvalue weighted by Crippen LogP contribution is 2.42. The number of aryl methyl sites for hydroxylation is 2. The number of nitrogens with one attached hydrogen (secondary N) is 1. The zero-order chi connectivity index (χ0) is 19.6. The monoisotopic (exact) mass is 400 g/mol. The van der Waals surface area contributed by atoms with Crippen molar-refractivity contribution in [2.24, 2.45) is 0 Å². The fourth-order valence-corrected chi connectivity index (χ4v) is 4.56. The number of Topliss-reactive ketones (excluding diaryl/α,β-unsaturated/α-hetero) is 1. The summed E-state index contributed by atoms with van der Waals surface area (Å²) >= 11 is 12.3. The van der Waals surface area contributed by atoms with Crippen LogP contribution in [0.3, 0.4) is 0 Å². The third kappa shape index (κ3) is 3.61. The molecule has 2 aromatic carbocycles. The molecule has 27 heavy (non-hydrogen) atoms. The number of nitrogens with zero attached hydrogens (tertiary/aromatic N) is 1. The molecule has 0 spiro atoms. The number of rotatable bonds is 3. The van der Waals surface area contributed by atoms with Crippen molar-refractivity contribution < 1.29 is 4.79 Å². The summed E-state index contributed by atoms with van der Waals surface area (Å²) in [5, 5.41) is 4.51. The Morgan fingerprint density at radius 1 is 1.11 bits per heavy atom. The summed E-state index contributed by atoms with van der Waals surface area (Å²) in [5.41, 5.74) is 3.24. The predicted octanol–water partition coefficient (Wildman–Crippen LogP) is 5.62. The molecule has 0 aliphatic heterocycles. The molecular formula is C22H25ClN2OS. The van der Waals surface area contributed by atoms with E-state index >= 15 is 0 Å². The number of thiocarbonyl (C=S) groups is 1. The van der Waals surface area contributed by atoms with Crippen molar-refractivity contribution in [2.45, 2.75) is 45.1 Å². The van der Waals surface area contributed by atoms with E-state index in [0.29, 0.717) is 23.0 Å². The van der Waals surface area contributed by atoms with Gasteiger partial charge in [0.25, 0.3) is 0 Å². The molecule has 0 heterocycles. The Kier molecular flexibility index (Phi) is 5.87. The van der Waals surface area contributed by atoms with E-state index in [1.807, 2.05) is 68.3 Å². The Bertz CT molecular complexity index is 862. The summed E-state index contributed by atoms with van der Waals surface area (Å²) in [4.78, 5) is 15.1. The van der Waals surface area contributed by atoms with Crippen LogP contribution in [0.2, 0.25) is 5.02 Å². The van der Waals surface area contributed by atoms with Crippen molar-refractivity contribution in [3.05, 3.63) is 64.2 Å². The zero-order valence-electron chi connectivity index (χ0n) is 16.0. The van der Waals surface area contributed by atoms with E-state index in [1.54, 1.807) is 0 Å². The van der Waals surface area contributed by atoms with E-state index in [1.165, 1.54) is 0 Å². The highest BCUT2D eigenvalue weighted by atomic mass is 35.5. The molecule has 1 saturated carbocycles. The topological polar surface area (TPSA) is 32.3 Å². The maximum Gasteiger partial charge on any atom is 0.174 e. The fourth-order valence-electron chi connectivity index (χ4n) is 4.01. The lowest BCUT2D eigenvalue weighted by molar-refractivity contribution is -0.131. The van der Waals surface area contributed by atoms with Crippen LogP contribution in [0.4, 0.5) is 5.69 Å². The van der Waals surface area contributed by atoms with Gasteiger partial charge in [-0.25, -0.2) is 0 Å². The van der Waals surface area contributed by atoms with Crippen molar-refractivity contribution >= 4 is 40.4 Å². The first-order valence-corrected chi connectivity index (χ1v) is 10.1. The van der Waals surface area contributed by atoms with Crippen LogP contribution in [0.15, 0.2) is 42.5 Å². The first-order chi connectivity index (χ1) is 12.9. The number of carbonyl (C=O) groups excluding carboxylic acids is 1. The molecule has 1 unspecified atom stereocenters. The minimum absolute atomic E-state index is 0.176. The van der Waals surface area contributed by atoms with E-state index in [0.717, 1.165) is 35.2 Å². The molecule has 2 aromatic rings. The van der Waals surface area contributed by atoms with Crippen LogP contribution in [0.5, 0.6) is 0 Å². The SMILES string of the molecule is Cc1cccc(C)c1NC(=S)N(C)C1(c2ccccc2Cl)CCCCC1=O. The molecule has 0 bridgehead atoms. The van der Waals surface area contributed by atoms with Crippen LogP contribution in [0.25, 0.3) is 0 Å². The highest BCUT2D eigenvalue weighted by molar-refractivity contribution is 7.80. The Morgan fingerprint density at radius 3 is 2.41 bits per heavy atom. The largest absolute Gasteiger partial charge is 0.335 e. The molecule has 142 valence electrons. The molecule has 5 heteroatoms. The van der Waals surface area contributed by atoms with Crippen LogP contribution in [-0.4, -0.2) is 22.8 Å². The zero-order valence-corrected chi connectivity index (χ0v) is 17.6. The second-order valence-electron chi connectivity index (χ2n) is 7.23. The Hall–Kier alpha value is -1.91. The number of carbonyl (C=O) groups is 1. The van der Waals surface area contributed by atoms with Crippen LogP contribution in [-0.2, 0) is 10.3 Å². The van der Waals surface area contributed by atoms with Gasteiger partial charge in [-0.05, 0) is 62.5 Å². The molecule has 0 aromatic heterocycles. The van der Waals surface area contributed by atoms with Gasteiger partial charge in [0.2, 0.25) is 0 Å². The molecule has 1 aliphatic rings. The lowest BCUT2D eigenvalue weighted by Crippen LogP contribution is -2.55. The van der Waals surface area contributed by atoms with Gasteiger partial charge in [-0.1, -0.05) is 48.0 Å². The Labute approximate surface area is 171 Å². The standard InChI is InChI=1S/C22H25ClN2OS/c1-15-9-8-10-16(2)20(15)24-21(27)25(3)22(14-7-6-13-19(22)26)17-11-4-5-12-18(17)23/h4-5,8-12H,6-7,13-14H2,1-3H3,(H,24,27). The van der Waals surface area contributed by atoms with Crippen LogP contribution < -0.4 is 5.32 Å². The van der Waals surface area contributed by atoms with Crippen LogP contribution in [0, 0.1) is 13.8 Å². The van der Waals surface area contributed by atoms with Crippen LogP contribution in [0.1, 0.15) is 42.4 Å². The van der Waals surface area contributed by atoms with Crippen LogP contribution >= 0.6 is 23.8 Å². The molecule has 1 N–H and O–H groups in total. The summed E-state index contributed by atoms with van der Waals surface area (Å²) in [7, 11) is 1.90. The quantitative estimate of drug-likeness (QED) is 0.677. The second-order valence-corrected chi connectivity index (χ2v) is 8.02. The lowest BCUT2D eigenvalue weighted by Gasteiger charge is -2.45. The summed E-state index contributed by atoms with van der Waals surface area (Å²) in [5.74, 6) is 0.176. The number of benzene rings is 2. The number of hydrogen-bond donors (Lipinski definition) is 1. The minimum Gasteiger partial charge on any atom is -0.335 e. The van der Waals surface area contributed by atoms with Gasteiger partial charge in [-0.15, -0.1) is 0 Å². The average Bonchev–Trinajstić information content (AvgIpc) is 2.65. The number of halogens is 1. The summed E-state index contributed by atoms with van der Waals surface area (Å²) in [6.45, 7) is 4.10. The number of ketones is 1. The molecule has 0 radical (unpaired) electrons. The van der Waals surface area contributed by atoms with Gasteiger partial charge in [0.15, 0.2) is 10.9 Å². The van der Waals surface area contributed by atoms with Gasteiger partial charge < -0.3 is 10.2 Å². The van der Waals surface area contributed by atoms with Crippen molar-refractivity contribution in [3.8, 4) is 0 Å². The first kappa shape index (κ1) is 19.8. The minimum atomic E-state index is -0.822. The third-order valence-electron chi connectivity index (χ3n) is 5.56. The van der Waals surface area contributed by atoms with E-state index in [4.69, 9.17) is 23.8 Å². The number of para-hydroxylation sites is 1. The third-order valence-corrected chi connectivity index (χ3v) is 6.27. The molecule has 3 rings (SSSR count). The van der Waals surface area contributed by atoms with E-state index < -0.39 is 5.54 Å². The normalized spacial score (nSPS) is 19.6. The van der Waals surface area contributed by atoms with E-state index in [2.05, 4.69) is 5.32 Å². The molecule has 1 atom stereocenters. The number of likely N-dealkylation sites (N-methyl/N-ethyl adjacent to an activating group) is 1. The second kappa shape index (κ2) is 7.99. The summed E-state index contributed by atoms with van der Waals surface area (Å²) in [6, 6.07) is 13.7. The Balaban J connectivity index is 2.01. The van der Waals surface area contributed by atoms with Gasteiger partial charge >= 0.3 is 0 Å². The first-order valence-electron chi connectivity index (χ1n) is 9.27. The summed E-state index contributed by atoms with van der Waals surface area (Å²) in [6.07, 6.45) is 3.13. The van der Waals surface area contributed by atoms with Gasteiger partial charge in [0.1, 0.15) is 5.54 Å². The van der Waals surface area contributed by atoms with Gasteiger partial charge in [0.05, 0.1) is 0 Å². The maximum atomic E-state index is 13.2. The fraction of sp³-hybridized carbons (Fsp3) is 0.364. The molecule has 1 fully saturated rings. The van der Waals surface area contributed by atoms with Gasteiger partial charge in [-0.3, -0.25) is 4.79 Å². The van der Waals surface area contributed by atoms with Crippen molar-refractivity contribution in [3.63, 3.8) is 0 Å². The molecule has 1 aliphatic carbocycles. The van der Waals surface area contributed by atoms with E-state index in [9.17, 15) is 4.79 Å². The molecule has 0 amide bonds. The average molecular weight is 401 g/mol. The predicted molar refractivity (Wildman–Crippen MR) is 117 cm³/mol.